The number of ether oxygens (including phenoxy) is 1. The third-order valence-corrected chi connectivity index (χ3v) is 7.02. The zero-order valence-corrected chi connectivity index (χ0v) is 17.6. The minimum absolute atomic E-state index is 0.0302. The lowest BCUT2D eigenvalue weighted by Crippen LogP contribution is -2.48. The number of hydrogen-bond donors (Lipinski definition) is 1. The predicted molar refractivity (Wildman–Crippen MR) is 109 cm³/mol. The van der Waals surface area contributed by atoms with Gasteiger partial charge in [-0.3, -0.25) is 19.3 Å². The second-order valence-electron chi connectivity index (χ2n) is 8.92. The highest BCUT2D eigenvalue weighted by Crippen LogP contribution is 2.49. The molecular weight excluding hydrogens is 384 g/mol. The van der Waals surface area contributed by atoms with Crippen LogP contribution in [0.1, 0.15) is 67.2 Å². The van der Waals surface area contributed by atoms with E-state index in [2.05, 4.69) is 5.32 Å². The number of benzene rings is 1. The third kappa shape index (κ3) is 3.50. The molecule has 3 aliphatic rings. The van der Waals surface area contributed by atoms with E-state index in [0.29, 0.717) is 11.8 Å². The highest BCUT2D eigenvalue weighted by atomic mass is 16.5. The van der Waals surface area contributed by atoms with Crippen LogP contribution in [0, 0.1) is 17.8 Å². The molecule has 1 aliphatic heterocycles. The molecule has 2 saturated carbocycles. The number of hydrogen-bond acceptors (Lipinski definition) is 5. The molecule has 6 atom stereocenters. The molecule has 0 spiro atoms. The van der Waals surface area contributed by atoms with E-state index in [1.807, 2.05) is 6.92 Å². The molecule has 2 fully saturated rings. The van der Waals surface area contributed by atoms with Crippen LogP contribution in [0.3, 0.4) is 0 Å². The molecule has 2 aliphatic carbocycles. The average Bonchev–Trinajstić information content (AvgIpc) is 3.42. The number of fused-ring (bicyclic) bond motifs is 3. The molecule has 1 aromatic carbocycles. The molecule has 30 heavy (non-hydrogen) atoms. The molecule has 1 aromatic rings. The first kappa shape index (κ1) is 20.6. The van der Waals surface area contributed by atoms with Gasteiger partial charge in [-0.15, -0.1) is 0 Å². The van der Waals surface area contributed by atoms with Crippen molar-refractivity contribution >= 4 is 23.7 Å². The molecular formula is C23H28N2O5. The summed E-state index contributed by atoms with van der Waals surface area (Å²) in [5.74, 6) is -0.239. The van der Waals surface area contributed by atoms with Crippen molar-refractivity contribution in [1.82, 2.24) is 10.2 Å². The standard InChI is InChI=1S/C23H28N2O5/c1-12(19-11-15-8-9-16(19)10-15)24-20(26)14(3)30-23(29)13(2)25-21(27)17-6-4-5-7-18(17)22(25)28/h4-7,12-16,19H,8-11H2,1-3H3,(H,24,26)/t12-,13-,14-,15-,16-,19+/m0/s1. The molecule has 0 unspecified atom stereocenters. The van der Waals surface area contributed by atoms with Crippen LogP contribution in [0.2, 0.25) is 0 Å². The lowest BCUT2D eigenvalue weighted by molar-refractivity contribution is -0.158. The van der Waals surface area contributed by atoms with Gasteiger partial charge in [-0.2, -0.15) is 0 Å². The highest BCUT2D eigenvalue weighted by Gasteiger charge is 2.43. The number of esters is 1. The van der Waals surface area contributed by atoms with Gasteiger partial charge in [-0.05, 0) is 69.9 Å². The molecule has 0 saturated heterocycles. The second-order valence-corrected chi connectivity index (χ2v) is 8.92. The van der Waals surface area contributed by atoms with Crippen LogP contribution in [0.25, 0.3) is 0 Å². The summed E-state index contributed by atoms with van der Waals surface area (Å²) in [5, 5.41) is 2.99. The van der Waals surface area contributed by atoms with Gasteiger partial charge in [0.2, 0.25) is 0 Å². The summed E-state index contributed by atoms with van der Waals surface area (Å²) in [5.41, 5.74) is 0.542. The Labute approximate surface area is 176 Å². The van der Waals surface area contributed by atoms with Crippen molar-refractivity contribution in [2.75, 3.05) is 0 Å². The molecule has 1 heterocycles. The fourth-order valence-electron chi connectivity index (χ4n) is 5.35. The van der Waals surface area contributed by atoms with E-state index in [4.69, 9.17) is 4.74 Å². The van der Waals surface area contributed by atoms with E-state index in [1.54, 1.807) is 24.3 Å². The number of amides is 3. The number of carbonyl (C=O) groups excluding carboxylic acids is 4. The third-order valence-electron chi connectivity index (χ3n) is 7.02. The molecule has 2 bridgehead atoms. The summed E-state index contributed by atoms with van der Waals surface area (Å²) in [7, 11) is 0. The molecule has 3 amide bonds. The van der Waals surface area contributed by atoms with Crippen LogP contribution < -0.4 is 5.32 Å². The van der Waals surface area contributed by atoms with Crippen molar-refractivity contribution in [3.05, 3.63) is 35.4 Å². The minimum Gasteiger partial charge on any atom is -0.451 e. The predicted octanol–water partition coefficient (Wildman–Crippen LogP) is 2.54. The molecule has 0 aromatic heterocycles. The first-order valence-corrected chi connectivity index (χ1v) is 10.8. The summed E-state index contributed by atoms with van der Waals surface area (Å²) in [6, 6.07) is 5.36. The Hall–Kier alpha value is -2.70. The molecule has 1 N–H and O–H groups in total. The van der Waals surface area contributed by atoms with E-state index >= 15 is 0 Å². The topological polar surface area (TPSA) is 92.8 Å². The summed E-state index contributed by atoms with van der Waals surface area (Å²) < 4.78 is 5.31. The summed E-state index contributed by atoms with van der Waals surface area (Å²) >= 11 is 0. The van der Waals surface area contributed by atoms with E-state index in [0.717, 1.165) is 17.2 Å². The fourth-order valence-corrected chi connectivity index (χ4v) is 5.35. The maximum Gasteiger partial charge on any atom is 0.329 e. The maximum absolute atomic E-state index is 12.6. The van der Waals surface area contributed by atoms with Crippen LogP contribution in [0.5, 0.6) is 0 Å². The minimum atomic E-state index is -1.12. The van der Waals surface area contributed by atoms with Crippen LogP contribution in [-0.2, 0) is 14.3 Å². The van der Waals surface area contributed by atoms with Crippen molar-refractivity contribution in [2.45, 2.75) is 64.6 Å². The van der Waals surface area contributed by atoms with Gasteiger partial charge in [0.15, 0.2) is 6.10 Å². The molecule has 4 rings (SSSR count). The molecule has 7 nitrogen and oxygen atoms in total. The Balaban J connectivity index is 1.33. The summed E-state index contributed by atoms with van der Waals surface area (Å²) in [4.78, 5) is 51.1. The second kappa shape index (κ2) is 7.85. The largest absolute Gasteiger partial charge is 0.451 e. The van der Waals surface area contributed by atoms with Crippen LogP contribution in [0.4, 0.5) is 0 Å². The Bertz CT molecular complexity index is 862. The zero-order chi connectivity index (χ0) is 21.6. The van der Waals surface area contributed by atoms with Crippen molar-refractivity contribution in [3.63, 3.8) is 0 Å². The SMILES string of the molecule is C[C@H](OC(=O)[C@H](C)N1C(=O)c2ccccc2C1=O)C(=O)N[C@@H](C)[C@H]1C[C@H]2CC[C@H]1C2. The van der Waals surface area contributed by atoms with Gasteiger partial charge in [0.25, 0.3) is 17.7 Å². The van der Waals surface area contributed by atoms with Crippen molar-refractivity contribution in [1.29, 1.82) is 0 Å². The van der Waals surface area contributed by atoms with Gasteiger partial charge in [0.1, 0.15) is 6.04 Å². The molecule has 7 heteroatoms. The van der Waals surface area contributed by atoms with E-state index < -0.39 is 29.9 Å². The van der Waals surface area contributed by atoms with Crippen molar-refractivity contribution < 1.29 is 23.9 Å². The summed E-state index contributed by atoms with van der Waals surface area (Å²) in [6.45, 7) is 4.96. The highest BCUT2D eigenvalue weighted by molar-refractivity contribution is 6.22. The quantitative estimate of drug-likeness (QED) is 0.573. The van der Waals surface area contributed by atoms with Crippen molar-refractivity contribution in [2.24, 2.45) is 17.8 Å². The van der Waals surface area contributed by atoms with Gasteiger partial charge in [0.05, 0.1) is 11.1 Å². The number of nitrogens with zero attached hydrogens (tertiary/aromatic N) is 1. The van der Waals surface area contributed by atoms with E-state index in [9.17, 15) is 19.2 Å². The van der Waals surface area contributed by atoms with Crippen LogP contribution in [-0.4, -0.2) is 46.8 Å². The van der Waals surface area contributed by atoms with E-state index in [1.165, 1.54) is 33.1 Å². The van der Waals surface area contributed by atoms with Gasteiger partial charge < -0.3 is 10.1 Å². The Morgan fingerprint density at radius 2 is 1.67 bits per heavy atom. The zero-order valence-electron chi connectivity index (χ0n) is 17.6. The molecule has 0 radical (unpaired) electrons. The Kier molecular flexibility index (Phi) is 5.38. The lowest BCUT2D eigenvalue weighted by atomic mass is 9.84. The first-order chi connectivity index (χ1) is 14.3. The van der Waals surface area contributed by atoms with Gasteiger partial charge in [-0.1, -0.05) is 18.6 Å². The monoisotopic (exact) mass is 412 g/mol. The Morgan fingerprint density at radius 3 is 2.20 bits per heavy atom. The lowest BCUT2D eigenvalue weighted by Gasteiger charge is -2.29. The fraction of sp³-hybridized carbons (Fsp3) is 0.565. The van der Waals surface area contributed by atoms with Gasteiger partial charge >= 0.3 is 5.97 Å². The first-order valence-electron chi connectivity index (χ1n) is 10.8. The number of rotatable bonds is 6. The molecule has 160 valence electrons. The maximum atomic E-state index is 12.6. The van der Waals surface area contributed by atoms with E-state index in [-0.39, 0.29) is 23.1 Å². The number of carbonyl (C=O) groups is 4. The average molecular weight is 412 g/mol. The summed E-state index contributed by atoms with van der Waals surface area (Å²) in [6.07, 6.45) is 3.93. The normalized spacial score (nSPS) is 27.6. The number of imide groups is 1. The van der Waals surface area contributed by atoms with Gasteiger partial charge in [-0.25, -0.2) is 4.79 Å². The van der Waals surface area contributed by atoms with Crippen LogP contribution in [0.15, 0.2) is 24.3 Å². The number of nitrogens with one attached hydrogen (secondary N) is 1. The Morgan fingerprint density at radius 1 is 1.03 bits per heavy atom. The smallest absolute Gasteiger partial charge is 0.329 e. The van der Waals surface area contributed by atoms with Gasteiger partial charge in [0, 0.05) is 6.04 Å². The van der Waals surface area contributed by atoms with Crippen LogP contribution >= 0.6 is 0 Å². The van der Waals surface area contributed by atoms with Crippen molar-refractivity contribution in [3.8, 4) is 0 Å².